The maximum Gasteiger partial charge on any atom is 0.251 e. The smallest absolute Gasteiger partial charge is 0.251 e. The summed E-state index contributed by atoms with van der Waals surface area (Å²) < 4.78 is 14.4. The number of carbonyl (C=O) groups is 1. The molecule has 0 aliphatic carbocycles. The van der Waals surface area contributed by atoms with Gasteiger partial charge in [0, 0.05) is 29.2 Å². The van der Waals surface area contributed by atoms with Gasteiger partial charge in [-0.25, -0.2) is 4.39 Å². The second-order valence-electron chi connectivity index (χ2n) is 5.28. The van der Waals surface area contributed by atoms with Crippen LogP contribution in [0.1, 0.15) is 15.9 Å². The van der Waals surface area contributed by atoms with Gasteiger partial charge in [0.15, 0.2) is 0 Å². The number of anilines is 1. The fourth-order valence-electron chi connectivity index (χ4n) is 2.56. The van der Waals surface area contributed by atoms with Crippen LogP contribution in [0.3, 0.4) is 0 Å². The summed E-state index contributed by atoms with van der Waals surface area (Å²) in [5.74, 6) is -0.897. The van der Waals surface area contributed by atoms with E-state index >= 15 is 0 Å². The molecular weight excluding hydrogens is 281 g/mol. The van der Waals surface area contributed by atoms with Crippen LogP contribution in [-0.4, -0.2) is 17.9 Å². The average molecular weight is 297 g/mol. The van der Waals surface area contributed by atoms with E-state index in [1.54, 1.807) is 0 Å². The lowest BCUT2D eigenvalue weighted by molar-refractivity contribution is 0.0962. The molecule has 0 unspecified atom stereocenters. The van der Waals surface area contributed by atoms with E-state index in [4.69, 9.17) is 5.73 Å². The van der Waals surface area contributed by atoms with Crippen molar-refractivity contribution in [3.05, 3.63) is 53.3 Å². The lowest BCUT2D eigenvalue weighted by Crippen LogP contribution is -2.18. The summed E-state index contributed by atoms with van der Waals surface area (Å²) >= 11 is 0. The third-order valence-electron chi connectivity index (χ3n) is 3.66. The number of benzene rings is 2. The molecule has 0 saturated carbocycles. The minimum absolute atomic E-state index is 0.202. The quantitative estimate of drug-likeness (QED) is 0.636. The zero-order valence-electron chi connectivity index (χ0n) is 12.3. The lowest BCUT2D eigenvalue weighted by Gasteiger charge is -2.08. The zero-order valence-corrected chi connectivity index (χ0v) is 12.3. The monoisotopic (exact) mass is 297 g/mol. The Kier molecular flexibility index (Phi) is 3.33. The number of aromatic amines is 1. The Morgan fingerprint density at radius 1 is 1.23 bits per heavy atom. The van der Waals surface area contributed by atoms with Crippen LogP contribution in [0.2, 0.25) is 0 Å². The summed E-state index contributed by atoms with van der Waals surface area (Å²) in [6.07, 6.45) is 0. The van der Waals surface area contributed by atoms with Crippen molar-refractivity contribution in [3.63, 3.8) is 0 Å². The molecule has 112 valence electrons. The topological polar surface area (TPSA) is 70.9 Å². The molecule has 4 N–H and O–H groups in total. The van der Waals surface area contributed by atoms with Gasteiger partial charge in [0.25, 0.3) is 5.91 Å². The number of nitrogen functional groups attached to an aromatic ring is 1. The molecule has 1 heterocycles. The van der Waals surface area contributed by atoms with Crippen LogP contribution in [0.25, 0.3) is 22.2 Å². The van der Waals surface area contributed by atoms with E-state index in [0.29, 0.717) is 5.69 Å². The fraction of sp³-hybridized carbons (Fsp3) is 0.118. The highest BCUT2D eigenvalue weighted by Gasteiger charge is 2.16. The van der Waals surface area contributed by atoms with Crippen LogP contribution in [0, 0.1) is 12.7 Å². The van der Waals surface area contributed by atoms with Gasteiger partial charge in [-0.3, -0.25) is 4.79 Å². The first-order valence-electron chi connectivity index (χ1n) is 6.90. The minimum atomic E-state index is -0.526. The number of nitrogens with one attached hydrogen (secondary N) is 2. The molecule has 4 nitrogen and oxygen atoms in total. The summed E-state index contributed by atoms with van der Waals surface area (Å²) in [5, 5.41) is 3.43. The van der Waals surface area contributed by atoms with Crippen molar-refractivity contribution in [2.24, 2.45) is 0 Å². The van der Waals surface area contributed by atoms with E-state index in [1.807, 2.05) is 31.2 Å². The van der Waals surface area contributed by atoms with E-state index in [0.717, 1.165) is 16.5 Å². The number of aromatic nitrogens is 1. The molecule has 2 aromatic carbocycles. The van der Waals surface area contributed by atoms with Crippen LogP contribution < -0.4 is 11.1 Å². The summed E-state index contributed by atoms with van der Waals surface area (Å²) in [7, 11) is 1.49. The minimum Gasteiger partial charge on any atom is -0.398 e. The van der Waals surface area contributed by atoms with Gasteiger partial charge in [-0.15, -0.1) is 0 Å². The molecule has 0 atom stereocenters. The van der Waals surface area contributed by atoms with Gasteiger partial charge in [-0.05, 0) is 36.8 Å². The number of amides is 1. The van der Waals surface area contributed by atoms with Gasteiger partial charge in [-0.1, -0.05) is 12.1 Å². The highest BCUT2D eigenvalue weighted by molar-refractivity contribution is 5.97. The molecular formula is C17H16FN3O. The number of aryl methyl sites for hydroxylation is 1. The lowest BCUT2D eigenvalue weighted by atomic mass is 10.0. The molecule has 1 aromatic heterocycles. The maximum absolute atomic E-state index is 14.4. The highest BCUT2D eigenvalue weighted by atomic mass is 19.1. The van der Waals surface area contributed by atoms with Crippen molar-refractivity contribution in [2.45, 2.75) is 6.92 Å². The van der Waals surface area contributed by atoms with Crippen molar-refractivity contribution in [2.75, 3.05) is 12.8 Å². The Morgan fingerprint density at radius 3 is 2.68 bits per heavy atom. The molecule has 0 fully saturated rings. The van der Waals surface area contributed by atoms with Gasteiger partial charge in [0.2, 0.25) is 0 Å². The zero-order chi connectivity index (χ0) is 15.9. The van der Waals surface area contributed by atoms with Crippen molar-refractivity contribution >= 4 is 22.5 Å². The van der Waals surface area contributed by atoms with Crippen LogP contribution >= 0.6 is 0 Å². The van der Waals surface area contributed by atoms with Crippen LogP contribution in [0.5, 0.6) is 0 Å². The number of hydrogen-bond acceptors (Lipinski definition) is 2. The predicted molar refractivity (Wildman–Crippen MR) is 86.2 cm³/mol. The third-order valence-corrected chi connectivity index (χ3v) is 3.66. The highest BCUT2D eigenvalue weighted by Crippen LogP contribution is 2.32. The summed E-state index contributed by atoms with van der Waals surface area (Å²) in [5.41, 5.74) is 9.30. The summed E-state index contributed by atoms with van der Waals surface area (Å²) in [4.78, 5) is 14.8. The number of H-pyrrole nitrogens is 1. The van der Waals surface area contributed by atoms with Gasteiger partial charge < -0.3 is 16.0 Å². The number of rotatable bonds is 2. The first-order valence-corrected chi connectivity index (χ1v) is 6.90. The summed E-state index contributed by atoms with van der Waals surface area (Å²) in [6, 6.07) is 10.5. The number of carbonyl (C=O) groups excluding carboxylic acids is 1. The molecule has 0 bridgehead atoms. The molecule has 3 aromatic rings. The van der Waals surface area contributed by atoms with Crippen molar-refractivity contribution in [3.8, 4) is 11.3 Å². The first kappa shape index (κ1) is 14.1. The number of halogens is 1. The Hall–Kier alpha value is -2.82. The van der Waals surface area contributed by atoms with Gasteiger partial charge in [0.1, 0.15) is 5.82 Å². The SMILES string of the molecule is CNC(=O)c1cc(N)c(-c2cc3ccc(C)cc3[nH]2)c(F)c1. The van der Waals surface area contributed by atoms with E-state index in [-0.39, 0.29) is 22.7 Å². The standard InChI is InChI=1S/C17H16FN3O/c1-9-3-4-10-8-15(21-14(10)5-9)16-12(18)6-11(7-13(16)19)17(22)20-2/h3-8,21H,19H2,1-2H3,(H,20,22). The second-order valence-corrected chi connectivity index (χ2v) is 5.28. The van der Waals surface area contributed by atoms with Crippen LogP contribution in [0.4, 0.5) is 10.1 Å². The Labute approximate surface area is 127 Å². The number of fused-ring (bicyclic) bond motifs is 1. The van der Waals surface area contributed by atoms with Crippen molar-refractivity contribution < 1.29 is 9.18 Å². The molecule has 0 aliphatic heterocycles. The first-order chi connectivity index (χ1) is 10.5. The molecule has 0 saturated heterocycles. The van der Waals surface area contributed by atoms with Gasteiger partial charge >= 0.3 is 0 Å². The number of hydrogen-bond donors (Lipinski definition) is 3. The van der Waals surface area contributed by atoms with E-state index in [1.165, 1.54) is 19.2 Å². The van der Waals surface area contributed by atoms with E-state index < -0.39 is 5.82 Å². The molecule has 0 spiro atoms. The average Bonchev–Trinajstić information content (AvgIpc) is 2.87. The largest absolute Gasteiger partial charge is 0.398 e. The van der Waals surface area contributed by atoms with Crippen LogP contribution in [-0.2, 0) is 0 Å². The van der Waals surface area contributed by atoms with Gasteiger partial charge in [0.05, 0.1) is 11.3 Å². The molecule has 1 amide bonds. The number of nitrogens with two attached hydrogens (primary N) is 1. The van der Waals surface area contributed by atoms with Gasteiger partial charge in [-0.2, -0.15) is 0 Å². The fourth-order valence-corrected chi connectivity index (χ4v) is 2.56. The molecule has 3 rings (SSSR count). The Balaban J connectivity index is 2.15. The third kappa shape index (κ3) is 2.30. The predicted octanol–water partition coefficient (Wildman–Crippen LogP) is 3.22. The molecule has 0 radical (unpaired) electrons. The van der Waals surface area contributed by atoms with Crippen molar-refractivity contribution in [1.82, 2.24) is 10.3 Å². The van der Waals surface area contributed by atoms with E-state index in [9.17, 15) is 9.18 Å². The maximum atomic E-state index is 14.4. The normalized spacial score (nSPS) is 10.9. The Bertz CT molecular complexity index is 860. The van der Waals surface area contributed by atoms with E-state index in [2.05, 4.69) is 10.3 Å². The molecule has 0 aliphatic rings. The van der Waals surface area contributed by atoms with Crippen LogP contribution in [0.15, 0.2) is 36.4 Å². The van der Waals surface area contributed by atoms with Crippen molar-refractivity contribution in [1.29, 1.82) is 0 Å². The summed E-state index contributed by atoms with van der Waals surface area (Å²) in [6.45, 7) is 1.99. The Morgan fingerprint density at radius 2 is 2.00 bits per heavy atom. The molecule has 5 heteroatoms. The molecule has 22 heavy (non-hydrogen) atoms. The second kappa shape index (κ2) is 5.18.